The summed E-state index contributed by atoms with van der Waals surface area (Å²) >= 11 is 3.41. The van der Waals surface area contributed by atoms with Gasteiger partial charge in [-0.3, -0.25) is 14.4 Å². The van der Waals surface area contributed by atoms with Crippen LogP contribution in [-0.2, 0) is 9.53 Å². The molecule has 182 valence electrons. The minimum Gasteiger partial charge on any atom is -0.385 e. The third-order valence-electron chi connectivity index (χ3n) is 6.15. The first-order valence-corrected chi connectivity index (χ1v) is 12.4. The van der Waals surface area contributed by atoms with Crippen molar-refractivity contribution in [2.24, 2.45) is 5.92 Å². The van der Waals surface area contributed by atoms with E-state index in [0.29, 0.717) is 56.6 Å². The molecule has 0 unspecified atom stereocenters. The molecule has 8 heteroatoms. The Hall–Kier alpha value is -2.71. The highest BCUT2D eigenvalue weighted by Crippen LogP contribution is 2.24. The molecule has 0 saturated carbocycles. The van der Waals surface area contributed by atoms with Crippen LogP contribution >= 0.6 is 15.9 Å². The van der Waals surface area contributed by atoms with Gasteiger partial charge in [-0.2, -0.15) is 0 Å². The molecular formula is C26H32BrN3O4. The zero-order chi connectivity index (χ0) is 24.5. The number of likely N-dealkylation sites (tertiary alicyclic amines) is 1. The number of ether oxygens (including phenoxy) is 1. The van der Waals surface area contributed by atoms with Gasteiger partial charge >= 0.3 is 0 Å². The lowest BCUT2D eigenvalue weighted by Gasteiger charge is -2.36. The number of hydrogen-bond donors (Lipinski definition) is 2. The molecule has 0 radical (unpaired) electrons. The van der Waals surface area contributed by atoms with Crippen LogP contribution in [0.1, 0.15) is 45.5 Å². The van der Waals surface area contributed by atoms with E-state index < -0.39 is 6.04 Å². The number of carbonyl (C=O) groups is 3. The third kappa shape index (κ3) is 6.90. The fourth-order valence-corrected chi connectivity index (χ4v) is 4.62. The Bertz CT molecular complexity index is 1010. The lowest BCUT2D eigenvalue weighted by atomic mass is 9.88. The van der Waals surface area contributed by atoms with E-state index >= 15 is 0 Å². The van der Waals surface area contributed by atoms with Crippen LogP contribution in [0.25, 0.3) is 0 Å². The number of amides is 3. The van der Waals surface area contributed by atoms with Crippen LogP contribution in [-0.4, -0.2) is 62.0 Å². The van der Waals surface area contributed by atoms with Gasteiger partial charge in [-0.15, -0.1) is 0 Å². The maximum Gasteiger partial charge on any atom is 0.253 e. The van der Waals surface area contributed by atoms with Gasteiger partial charge in [-0.1, -0.05) is 40.2 Å². The average molecular weight is 530 g/mol. The molecule has 7 nitrogen and oxygen atoms in total. The SMILES string of the molecule is COCCCNC(=O)[C@@H](NC(=O)c1ccccc1C)C1CCN(C(=O)c2cccc(Br)c2)CC1. The van der Waals surface area contributed by atoms with E-state index in [9.17, 15) is 14.4 Å². The first kappa shape index (κ1) is 25.9. The summed E-state index contributed by atoms with van der Waals surface area (Å²) in [5.74, 6) is -0.552. The minimum atomic E-state index is -0.669. The highest BCUT2D eigenvalue weighted by atomic mass is 79.9. The summed E-state index contributed by atoms with van der Waals surface area (Å²) in [5.41, 5.74) is 2.05. The van der Waals surface area contributed by atoms with Crippen molar-refractivity contribution in [3.63, 3.8) is 0 Å². The molecule has 34 heavy (non-hydrogen) atoms. The monoisotopic (exact) mass is 529 g/mol. The number of carbonyl (C=O) groups excluding carboxylic acids is 3. The standard InChI is InChI=1S/C26H32BrN3O4/c1-18-7-3-4-10-22(18)24(31)29-23(25(32)28-13-6-16-34-2)19-11-14-30(15-12-19)26(33)20-8-5-9-21(27)17-20/h3-5,7-10,17,19,23H,6,11-16H2,1-2H3,(H,28,32)(H,29,31)/t23-/m0/s1. The number of halogens is 1. The van der Waals surface area contributed by atoms with Crippen molar-refractivity contribution in [3.05, 3.63) is 69.7 Å². The van der Waals surface area contributed by atoms with Gasteiger partial charge in [-0.05, 0) is 61.9 Å². The van der Waals surface area contributed by atoms with Gasteiger partial charge in [-0.25, -0.2) is 0 Å². The van der Waals surface area contributed by atoms with E-state index in [1.165, 1.54) is 0 Å². The van der Waals surface area contributed by atoms with Crippen LogP contribution in [0.15, 0.2) is 53.0 Å². The maximum atomic E-state index is 13.1. The Morgan fingerprint density at radius 1 is 1.12 bits per heavy atom. The highest BCUT2D eigenvalue weighted by Gasteiger charge is 2.34. The highest BCUT2D eigenvalue weighted by molar-refractivity contribution is 9.10. The third-order valence-corrected chi connectivity index (χ3v) is 6.65. The maximum absolute atomic E-state index is 13.1. The van der Waals surface area contributed by atoms with Gasteiger partial charge in [0.2, 0.25) is 5.91 Å². The van der Waals surface area contributed by atoms with Gasteiger partial charge in [0.05, 0.1) is 0 Å². The van der Waals surface area contributed by atoms with E-state index in [1.54, 1.807) is 19.2 Å². The summed E-state index contributed by atoms with van der Waals surface area (Å²) in [7, 11) is 1.62. The molecule has 1 aliphatic heterocycles. The van der Waals surface area contributed by atoms with E-state index in [4.69, 9.17) is 4.74 Å². The number of piperidine rings is 1. The Morgan fingerprint density at radius 2 is 1.85 bits per heavy atom. The molecule has 0 aliphatic carbocycles. The Balaban J connectivity index is 1.68. The molecule has 2 N–H and O–H groups in total. The fourth-order valence-electron chi connectivity index (χ4n) is 4.22. The predicted octanol–water partition coefficient (Wildman–Crippen LogP) is 3.56. The number of benzene rings is 2. The van der Waals surface area contributed by atoms with Crippen molar-refractivity contribution in [2.45, 2.75) is 32.2 Å². The van der Waals surface area contributed by atoms with Gasteiger partial charge in [0, 0.05) is 49.0 Å². The van der Waals surface area contributed by atoms with Crippen LogP contribution in [0.3, 0.4) is 0 Å². The molecule has 3 rings (SSSR count). The van der Waals surface area contributed by atoms with Crippen molar-refractivity contribution in [1.29, 1.82) is 0 Å². The molecule has 1 aliphatic rings. The Kier molecular flexibility index (Phi) is 9.65. The molecule has 0 bridgehead atoms. The first-order chi connectivity index (χ1) is 16.4. The van der Waals surface area contributed by atoms with Crippen LogP contribution in [0.2, 0.25) is 0 Å². The molecule has 1 atom stereocenters. The lowest BCUT2D eigenvalue weighted by molar-refractivity contribution is -0.124. The quantitative estimate of drug-likeness (QED) is 0.486. The van der Waals surface area contributed by atoms with E-state index in [-0.39, 0.29) is 23.6 Å². The second-order valence-electron chi connectivity index (χ2n) is 8.54. The number of hydrogen-bond acceptors (Lipinski definition) is 4. The summed E-state index contributed by atoms with van der Waals surface area (Å²) < 4.78 is 5.91. The van der Waals surface area contributed by atoms with E-state index in [0.717, 1.165) is 10.0 Å². The number of nitrogens with one attached hydrogen (secondary N) is 2. The number of nitrogens with zero attached hydrogens (tertiary/aromatic N) is 1. The zero-order valence-corrected chi connectivity index (χ0v) is 21.3. The van der Waals surface area contributed by atoms with Crippen LogP contribution in [0, 0.1) is 12.8 Å². The summed E-state index contributed by atoms with van der Waals surface area (Å²) in [6.07, 6.45) is 1.95. The summed E-state index contributed by atoms with van der Waals surface area (Å²) in [4.78, 5) is 40.8. The molecule has 2 aromatic carbocycles. The average Bonchev–Trinajstić information content (AvgIpc) is 2.85. The lowest BCUT2D eigenvalue weighted by Crippen LogP contribution is -2.54. The summed E-state index contributed by atoms with van der Waals surface area (Å²) in [6, 6.07) is 14.0. The fraction of sp³-hybridized carbons (Fsp3) is 0.423. The molecule has 3 amide bonds. The van der Waals surface area contributed by atoms with Gasteiger partial charge in [0.15, 0.2) is 0 Å². The predicted molar refractivity (Wildman–Crippen MR) is 135 cm³/mol. The van der Waals surface area contributed by atoms with Crippen LogP contribution < -0.4 is 10.6 Å². The molecule has 1 heterocycles. The van der Waals surface area contributed by atoms with Crippen molar-refractivity contribution < 1.29 is 19.1 Å². The van der Waals surface area contributed by atoms with Crippen molar-refractivity contribution >= 4 is 33.7 Å². The number of rotatable bonds is 9. The molecule has 0 spiro atoms. The summed E-state index contributed by atoms with van der Waals surface area (Å²) in [5, 5.41) is 5.91. The van der Waals surface area contributed by atoms with Gasteiger partial charge in [0.25, 0.3) is 11.8 Å². The topological polar surface area (TPSA) is 87.7 Å². The molecule has 0 aromatic heterocycles. The van der Waals surface area contributed by atoms with Crippen molar-refractivity contribution in [3.8, 4) is 0 Å². The number of methoxy groups -OCH3 is 1. The molecule has 2 aromatic rings. The Labute approximate surface area is 209 Å². The minimum absolute atomic E-state index is 0.0238. The van der Waals surface area contributed by atoms with Crippen molar-refractivity contribution in [1.82, 2.24) is 15.5 Å². The normalized spacial score (nSPS) is 15.0. The molecular weight excluding hydrogens is 498 g/mol. The Morgan fingerprint density at radius 3 is 2.53 bits per heavy atom. The smallest absolute Gasteiger partial charge is 0.253 e. The molecule has 1 saturated heterocycles. The van der Waals surface area contributed by atoms with Crippen LogP contribution in [0.5, 0.6) is 0 Å². The van der Waals surface area contributed by atoms with Gasteiger partial charge < -0.3 is 20.3 Å². The van der Waals surface area contributed by atoms with E-state index in [1.807, 2.05) is 48.2 Å². The van der Waals surface area contributed by atoms with Gasteiger partial charge in [0.1, 0.15) is 6.04 Å². The number of aryl methyl sites for hydroxylation is 1. The summed E-state index contributed by atoms with van der Waals surface area (Å²) in [6.45, 7) is 3.97. The van der Waals surface area contributed by atoms with Crippen molar-refractivity contribution in [2.75, 3.05) is 33.4 Å². The van der Waals surface area contributed by atoms with E-state index in [2.05, 4.69) is 26.6 Å². The second-order valence-corrected chi connectivity index (χ2v) is 9.46. The zero-order valence-electron chi connectivity index (χ0n) is 19.7. The molecule has 1 fully saturated rings. The van der Waals surface area contributed by atoms with Crippen LogP contribution in [0.4, 0.5) is 0 Å². The first-order valence-electron chi connectivity index (χ1n) is 11.6. The largest absolute Gasteiger partial charge is 0.385 e. The second kappa shape index (κ2) is 12.7.